The minimum absolute atomic E-state index is 0.0620. The molecule has 0 aliphatic heterocycles. The first kappa shape index (κ1) is 28.1. The number of nitrogens with one attached hydrogen (secondary N) is 4. The summed E-state index contributed by atoms with van der Waals surface area (Å²) in [5, 5.41) is 17.8. The number of unbranched alkanes of at least 4 members (excludes halogenated alkanes) is 1. The molecular weight excluding hydrogens is 472 g/mol. The molecular formula is C23H34N6O5S. The number of carboxylic acids is 1. The molecule has 1 aromatic heterocycles. The zero-order valence-electron chi connectivity index (χ0n) is 19.6. The van der Waals surface area contributed by atoms with E-state index < -0.39 is 47.9 Å². The molecule has 0 saturated carbocycles. The number of hydrogen-bond donors (Lipinski definition) is 8. The molecule has 35 heavy (non-hydrogen) atoms. The van der Waals surface area contributed by atoms with Crippen LogP contribution in [0.25, 0.3) is 10.9 Å². The number of carbonyl (C=O) groups excluding carboxylic acids is 3. The van der Waals surface area contributed by atoms with Gasteiger partial charge in [0, 0.05) is 22.9 Å². The van der Waals surface area contributed by atoms with Crippen molar-refractivity contribution >= 4 is 47.2 Å². The fourth-order valence-corrected chi connectivity index (χ4v) is 3.79. The van der Waals surface area contributed by atoms with Crippen molar-refractivity contribution in [3.63, 3.8) is 0 Å². The van der Waals surface area contributed by atoms with Gasteiger partial charge in [0.15, 0.2) is 0 Å². The Kier molecular flexibility index (Phi) is 11.0. The lowest BCUT2D eigenvalue weighted by Gasteiger charge is -2.22. The normalized spacial score (nSPS) is 14.5. The van der Waals surface area contributed by atoms with Crippen molar-refractivity contribution in [1.82, 2.24) is 20.9 Å². The number of fused-ring (bicyclic) bond motifs is 1. The van der Waals surface area contributed by atoms with Gasteiger partial charge < -0.3 is 37.5 Å². The lowest BCUT2D eigenvalue weighted by molar-refractivity contribution is -0.142. The first-order valence-corrected chi connectivity index (χ1v) is 12.1. The molecule has 3 amide bonds. The van der Waals surface area contributed by atoms with E-state index in [1.165, 1.54) is 6.92 Å². The van der Waals surface area contributed by atoms with Crippen molar-refractivity contribution in [2.24, 2.45) is 11.5 Å². The first-order chi connectivity index (χ1) is 16.7. The lowest BCUT2D eigenvalue weighted by atomic mass is 10.0. The summed E-state index contributed by atoms with van der Waals surface area (Å²) in [5.41, 5.74) is 13.3. The van der Waals surface area contributed by atoms with Gasteiger partial charge in [0.1, 0.15) is 18.1 Å². The second-order valence-corrected chi connectivity index (χ2v) is 8.69. The molecule has 2 aromatic rings. The summed E-state index contributed by atoms with van der Waals surface area (Å²) in [6.45, 7) is 1.89. The molecule has 11 nitrogen and oxygen atoms in total. The van der Waals surface area contributed by atoms with Crippen molar-refractivity contribution in [2.45, 2.75) is 56.8 Å². The van der Waals surface area contributed by atoms with Gasteiger partial charge >= 0.3 is 5.97 Å². The second kappa shape index (κ2) is 13.7. The van der Waals surface area contributed by atoms with Crippen LogP contribution in [0.4, 0.5) is 0 Å². The zero-order chi connectivity index (χ0) is 26.0. The van der Waals surface area contributed by atoms with Crippen molar-refractivity contribution in [3.05, 3.63) is 36.0 Å². The van der Waals surface area contributed by atoms with Gasteiger partial charge in [0.05, 0.1) is 6.04 Å². The van der Waals surface area contributed by atoms with Gasteiger partial charge in [0.25, 0.3) is 0 Å². The summed E-state index contributed by atoms with van der Waals surface area (Å²) >= 11 is 4.09. The number of aromatic nitrogens is 1. The number of benzene rings is 1. The Balaban J connectivity index is 1.89. The number of hydrogen-bond acceptors (Lipinski definition) is 7. The third-order valence-corrected chi connectivity index (χ3v) is 5.95. The van der Waals surface area contributed by atoms with E-state index in [9.17, 15) is 24.3 Å². The van der Waals surface area contributed by atoms with E-state index >= 15 is 0 Å². The predicted octanol–water partition coefficient (Wildman–Crippen LogP) is -0.345. The number of carbonyl (C=O) groups is 4. The zero-order valence-corrected chi connectivity index (χ0v) is 20.5. The van der Waals surface area contributed by atoms with Crippen LogP contribution in [0.2, 0.25) is 0 Å². The number of thiol groups is 1. The third kappa shape index (κ3) is 8.26. The topological polar surface area (TPSA) is 192 Å². The number of para-hydroxylation sites is 1. The summed E-state index contributed by atoms with van der Waals surface area (Å²) in [5.74, 6) is -3.06. The number of rotatable bonds is 14. The van der Waals surface area contributed by atoms with Gasteiger partial charge in [-0.3, -0.25) is 14.4 Å². The van der Waals surface area contributed by atoms with E-state index in [0.717, 1.165) is 16.5 Å². The van der Waals surface area contributed by atoms with Crippen molar-refractivity contribution in [3.8, 4) is 0 Å². The molecule has 4 atom stereocenters. The van der Waals surface area contributed by atoms with Gasteiger partial charge in [-0.05, 0) is 50.8 Å². The van der Waals surface area contributed by atoms with E-state index in [1.807, 2.05) is 24.3 Å². The minimum Gasteiger partial charge on any atom is -0.480 e. The van der Waals surface area contributed by atoms with Crippen molar-refractivity contribution in [1.29, 1.82) is 0 Å². The quantitative estimate of drug-likeness (QED) is 0.127. The maximum Gasteiger partial charge on any atom is 0.326 e. The molecule has 2 rings (SSSR count). The van der Waals surface area contributed by atoms with Crippen LogP contribution in [-0.4, -0.2) is 70.2 Å². The van der Waals surface area contributed by atoms with E-state index in [2.05, 4.69) is 33.6 Å². The number of carboxylic acid groups (broad SMARTS) is 1. The summed E-state index contributed by atoms with van der Waals surface area (Å²) in [6.07, 6.45) is 3.45. The molecule has 192 valence electrons. The third-order valence-electron chi connectivity index (χ3n) is 5.58. The van der Waals surface area contributed by atoms with Crippen molar-refractivity contribution in [2.75, 3.05) is 12.3 Å². The van der Waals surface area contributed by atoms with E-state index in [4.69, 9.17) is 11.5 Å². The molecule has 1 aromatic carbocycles. The first-order valence-electron chi connectivity index (χ1n) is 11.4. The molecule has 0 aliphatic carbocycles. The van der Waals surface area contributed by atoms with Gasteiger partial charge in [0.2, 0.25) is 17.7 Å². The standard InChI is InChI=1S/C23H34N6O5S/c1-13(27-21(31)16(25)10-14-11-26-17-7-3-2-6-15(14)17)20(30)29-19(12-35)22(32)28-18(23(33)34)8-4-5-9-24/h2-3,6-7,11,13,16,18-19,26,35H,4-5,8-10,12,24-25H2,1H3,(H,27,31)(H,28,32)(H,29,30)(H,33,34). The van der Waals surface area contributed by atoms with Crippen LogP contribution in [0.1, 0.15) is 31.7 Å². The molecule has 1 heterocycles. The molecule has 0 radical (unpaired) electrons. The fraction of sp³-hybridized carbons (Fsp3) is 0.478. The summed E-state index contributed by atoms with van der Waals surface area (Å²) in [6, 6.07) is 3.59. The van der Waals surface area contributed by atoms with E-state index in [0.29, 0.717) is 19.4 Å². The number of nitrogens with two attached hydrogens (primary N) is 2. The Morgan fingerprint density at radius 3 is 2.37 bits per heavy atom. The minimum atomic E-state index is -1.18. The monoisotopic (exact) mass is 506 g/mol. The van der Waals surface area contributed by atoms with Crippen LogP contribution >= 0.6 is 12.6 Å². The van der Waals surface area contributed by atoms with Gasteiger partial charge in [-0.1, -0.05) is 18.2 Å². The van der Waals surface area contributed by atoms with Crippen LogP contribution in [0, 0.1) is 0 Å². The Labute approximate surface area is 209 Å². The Hall–Kier alpha value is -3.09. The van der Waals surface area contributed by atoms with Crippen LogP contribution in [-0.2, 0) is 25.6 Å². The fourth-order valence-electron chi connectivity index (χ4n) is 3.53. The van der Waals surface area contributed by atoms with Gasteiger partial charge in [-0.25, -0.2) is 4.79 Å². The van der Waals surface area contributed by atoms with E-state index in [-0.39, 0.29) is 18.6 Å². The summed E-state index contributed by atoms with van der Waals surface area (Å²) in [4.78, 5) is 52.2. The van der Waals surface area contributed by atoms with Crippen molar-refractivity contribution < 1.29 is 24.3 Å². The Morgan fingerprint density at radius 1 is 1.03 bits per heavy atom. The average molecular weight is 507 g/mol. The highest BCUT2D eigenvalue weighted by molar-refractivity contribution is 7.80. The maximum absolute atomic E-state index is 12.6. The van der Waals surface area contributed by atoms with Crippen LogP contribution in [0.5, 0.6) is 0 Å². The van der Waals surface area contributed by atoms with E-state index in [1.54, 1.807) is 6.20 Å². The Morgan fingerprint density at radius 2 is 1.71 bits per heavy atom. The number of aliphatic carboxylic acids is 1. The molecule has 12 heteroatoms. The second-order valence-electron chi connectivity index (χ2n) is 8.33. The lowest BCUT2D eigenvalue weighted by Crippen LogP contribution is -2.57. The summed E-state index contributed by atoms with van der Waals surface area (Å²) in [7, 11) is 0. The van der Waals surface area contributed by atoms with Gasteiger partial charge in [-0.15, -0.1) is 0 Å². The predicted molar refractivity (Wildman–Crippen MR) is 136 cm³/mol. The molecule has 0 aliphatic rings. The Bertz CT molecular complexity index is 1030. The van der Waals surface area contributed by atoms with Gasteiger partial charge in [-0.2, -0.15) is 12.6 Å². The maximum atomic E-state index is 12.6. The van der Waals surface area contributed by atoms with Crippen LogP contribution in [0.15, 0.2) is 30.5 Å². The highest BCUT2D eigenvalue weighted by Crippen LogP contribution is 2.18. The highest BCUT2D eigenvalue weighted by atomic mass is 32.1. The molecule has 0 saturated heterocycles. The largest absolute Gasteiger partial charge is 0.480 e. The smallest absolute Gasteiger partial charge is 0.326 e. The highest BCUT2D eigenvalue weighted by Gasteiger charge is 2.28. The molecule has 0 fully saturated rings. The number of amides is 3. The van der Waals surface area contributed by atoms with Crippen LogP contribution < -0.4 is 27.4 Å². The van der Waals surface area contributed by atoms with Crippen LogP contribution in [0.3, 0.4) is 0 Å². The molecule has 0 bridgehead atoms. The number of aromatic amines is 1. The molecule has 4 unspecified atom stereocenters. The SMILES string of the molecule is CC(NC(=O)C(N)Cc1c[nH]c2ccccc12)C(=O)NC(CS)C(=O)NC(CCCCN)C(=O)O. The average Bonchev–Trinajstić information content (AvgIpc) is 3.24. The molecule has 9 N–H and O–H groups in total. The number of H-pyrrole nitrogens is 1. The summed E-state index contributed by atoms with van der Waals surface area (Å²) < 4.78 is 0. The molecule has 0 spiro atoms.